The van der Waals surface area contributed by atoms with Gasteiger partial charge in [0.2, 0.25) is 11.0 Å². The number of anilines is 1. The van der Waals surface area contributed by atoms with Crippen molar-refractivity contribution in [2.45, 2.75) is 17.9 Å². The zero-order valence-electron chi connectivity index (χ0n) is 14.5. The molecule has 3 aromatic rings. The number of amides is 1. The Morgan fingerprint density at radius 1 is 1.15 bits per heavy atom. The highest BCUT2D eigenvalue weighted by atomic mass is 32.2. The van der Waals surface area contributed by atoms with Crippen molar-refractivity contribution in [2.75, 3.05) is 12.4 Å². The van der Waals surface area contributed by atoms with Gasteiger partial charge in [0.05, 0.1) is 12.4 Å². The molecule has 1 atom stereocenters. The van der Waals surface area contributed by atoms with Crippen molar-refractivity contribution < 1.29 is 9.53 Å². The molecule has 1 N–H and O–H groups in total. The van der Waals surface area contributed by atoms with Crippen LogP contribution in [0.3, 0.4) is 0 Å². The van der Waals surface area contributed by atoms with Gasteiger partial charge in [0.1, 0.15) is 10.8 Å². The van der Waals surface area contributed by atoms with E-state index in [-0.39, 0.29) is 11.2 Å². The van der Waals surface area contributed by atoms with Crippen LogP contribution in [0.2, 0.25) is 0 Å². The number of carbonyl (C=O) groups is 1. The molecule has 0 aliphatic carbocycles. The quantitative estimate of drug-likeness (QED) is 0.650. The predicted molar refractivity (Wildman–Crippen MR) is 108 cm³/mol. The van der Waals surface area contributed by atoms with Crippen LogP contribution < -0.4 is 10.1 Å². The molecular formula is C19H19N3O2S2. The van der Waals surface area contributed by atoms with E-state index in [1.807, 2.05) is 49.4 Å². The van der Waals surface area contributed by atoms with E-state index < -0.39 is 0 Å². The van der Waals surface area contributed by atoms with Gasteiger partial charge in [-0.15, -0.1) is 22.0 Å². The molecule has 2 aromatic carbocycles. The molecule has 0 aliphatic rings. The van der Waals surface area contributed by atoms with Crippen LogP contribution in [0.4, 0.5) is 5.13 Å². The second-order valence-corrected chi connectivity index (χ2v) is 7.88. The summed E-state index contributed by atoms with van der Waals surface area (Å²) in [5.74, 6) is 1.52. The lowest BCUT2D eigenvalue weighted by Gasteiger charge is -2.10. The van der Waals surface area contributed by atoms with Gasteiger partial charge in [-0.05, 0) is 36.8 Å². The number of nitrogens with zero attached hydrogens (tertiary/aromatic N) is 2. The van der Waals surface area contributed by atoms with Crippen LogP contribution >= 0.6 is 23.1 Å². The molecule has 0 spiro atoms. The fourth-order valence-corrected chi connectivity index (χ4v) is 3.80. The van der Waals surface area contributed by atoms with Gasteiger partial charge in [-0.25, -0.2) is 0 Å². The standard InChI is InChI=1S/C19H19N3O2S2/c1-13(25-12-14-6-4-3-5-7-14)17(23)20-19-22-21-18(26-19)15-8-10-16(24-2)11-9-15/h3-11,13H,12H2,1-2H3,(H,20,22,23). The summed E-state index contributed by atoms with van der Waals surface area (Å²) in [5, 5.41) is 12.2. The van der Waals surface area contributed by atoms with Crippen LogP contribution in [0.25, 0.3) is 10.6 Å². The van der Waals surface area contributed by atoms with Crippen LogP contribution in [0, 0.1) is 0 Å². The van der Waals surface area contributed by atoms with Crippen molar-refractivity contribution in [3.63, 3.8) is 0 Å². The molecule has 0 bridgehead atoms. The number of rotatable bonds is 7. The SMILES string of the molecule is COc1ccc(-c2nnc(NC(=O)C(C)SCc3ccccc3)s2)cc1. The Morgan fingerprint density at radius 3 is 2.58 bits per heavy atom. The summed E-state index contributed by atoms with van der Waals surface area (Å²) in [7, 11) is 1.63. The summed E-state index contributed by atoms with van der Waals surface area (Å²) in [4.78, 5) is 12.4. The van der Waals surface area contributed by atoms with Gasteiger partial charge in [-0.3, -0.25) is 10.1 Å². The second-order valence-electron chi connectivity index (χ2n) is 5.57. The zero-order chi connectivity index (χ0) is 18.4. The van der Waals surface area contributed by atoms with E-state index in [4.69, 9.17) is 4.74 Å². The van der Waals surface area contributed by atoms with Gasteiger partial charge in [0.25, 0.3) is 0 Å². The summed E-state index contributed by atoms with van der Waals surface area (Å²) >= 11 is 2.95. The number of methoxy groups -OCH3 is 1. The fourth-order valence-electron chi connectivity index (χ4n) is 2.20. The molecule has 0 radical (unpaired) electrons. The Balaban J connectivity index is 1.56. The first-order valence-corrected chi connectivity index (χ1v) is 9.96. The van der Waals surface area contributed by atoms with Gasteiger partial charge < -0.3 is 4.74 Å². The van der Waals surface area contributed by atoms with Crippen molar-refractivity contribution in [2.24, 2.45) is 0 Å². The number of hydrogen-bond acceptors (Lipinski definition) is 6. The Morgan fingerprint density at radius 2 is 1.88 bits per heavy atom. The molecule has 26 heavy (non-hydrogen) atoms. The van der Waals surface area contributed by atoms with Crippen molar-refractivity contribution in [3.05, 3.63) is 60.2 Å². The summed E-state index contributed by atoms with van der Waals surface area (Å²) in [6, 6.07) is 17.7. The molecule has 134 valence electrons. The minimum Gasteiger partial charge on any atom is -0.497 e. The smallest absolute Gasteiger partial charge is 0.239 e. The van der Waals surface area contributed by atoms with Gasteiger partial charge in [-0.2, -0.15) is 0 Å². The van der Waals surface area contributed by atoms with E-state index in [1.54, 1.807) is 18.9 Å². The Labute approximate surface area is 160 Å². The highest BCUT2D eigenvalue weighted by Gasteiger charge is 2.16. The first-order valence-electron chi connectivity index (χ1n) is 8.10. The van der Waals surface area contributed by atoms with E-state index in [0.717, 1.165) is 22.1 Å². The molecule has 1 unspecified atom stereocenters. The Kier molecular flexibility index (Phi) is 6.25. The zero-order valence-corrected chi connectivity index (χ0v) is 16.1. The molecular weight excluding hydrogens is 366 g/mol. The first-order chi connectivity index (χ1) is 12.7. The maximum absolute atomic E-state index is 12.4. The van der Waals surface area contributed by atoms with Gasteiger partial charge in [-0.1, -0.05) is 41.7 Å². The highest BCUT2D eigenvalue weighted by Crippen LogP contribution is 2.28. The lowest BCUT2D eigenvalue weighted by atomic mass is 10.2. The molecule has 1 amide bonds. The number of nitrogens with one attached hydrogen (secondary N) is 1. The molecule has 3 rings (SSSR count). The highest BCUT2D eigenvalue weighted by molar-refractivity contribution is 7.99. The molecule has 0 saturated carbocycles. The average molecular weight is 386 g/mol. The monoisotopic (exact) mass is 385 g/mol. The number of benzene rings is 2. The number of ether oxygens (including phenoxy) is 1. The average Bonchev–Trinajstić information content (AvgIpc) is 3.15. The molecule has 0 saturated heterocycles. The first kappa shape index (κ1) is 18.4. The minimum absolute atomic E-state index is 0.0663. The molecule has 7 heteroatoms. The largest absolute Gasteiger partial charge is 0.497 e. The molecule has 1 aromatic heterocycles. The normalized spacial score (nSPS) is 11.8. The third-order valence-electron chi connectivity index (χ3n) is 3.70. The van der Waals surface area contributed by atoms with E-state index in [2.05, 4.69) is 27.6 Å². The van der Waals surface area contributed by atoms with Crippen LogP contribution in [-0.4, -0.2) is 28.5 Å². The third kappa shape index (κ3) is 4.83. The fraction of sp³-hybridized carbons (Fsp3) is 0.211. The molecule has 1 heterocycles. The summed E-state index contributed by atoms with van der Waals surface area (Å²) in [5.41, 5.74) is 2.14. The third-order valence-corrected chi connectivity index (χ3v) is 5.81. The van der Waals surface area contributed by atoms with E-state index in [9.17, 15) is 4.79 Å². The van der Waals surface area contributed by atoms with Crippen molar-refractivity contribution >= 4 is 34.1 Å². The summed E-state index contributed by atoms with van der Waals surface area (Å²) in [6.07, 6.45) is 0. The second kappa shape index (κ2) is 8.82. The number of hydrogen-bond donors (Lipinski definition) is 1. The van der Waals surface area contributed by atoms with Crippen LogP contribution in [0.15, 0.2) is 54.6 Å². The number of thioether (sulfide) groups is 1. The maximum Gasteiger partial charge on any atom is 0.239 e. The van der Waals surface area contributed by atoms with Crippen molar-refractivity contribution in [1.29, 1.82) is 0 Å². The van der Waals surface area contributed by atoms with Crippen LogP contribution in [-0.2, 0) is 10.5 Å². The number of carbonyl (C=O) groups excluding carboxylic acids is 1. The maximum atomic E-state index is 12.4. The van der Waals surface area contributed by atoms with Crippen LogP contribution in [0.1, 0.15) is 12.5 Å². The van der Waals surface area contributed by atoms with Gasteiger partial charge >= 0.3 is 0 Å². The van der Waals surface area contributed by atoms with Gasteiger partial charge in [0.15, 0.2) is 0 Å². The lowest BCUT2D eigenvalue weighted by Crippen LogP contribution is -2.22. The minimum atomic E-state index is -0.177. The molecule has 0 aliphatic heterocycles. The summed E-state index contributed by atoms with van der Waals surface area (Å²) < 4.78 is 5.15. The Hall–Kier alpha value is -2.38. The van der Waals surface area contributed by atoms with E-state index in [0.29, 0.717) is 5.13 Å². The van der Waals surface area contributed by atoms with Crippen LogP contribution in [0.5, 0.6) is 5.75 Å². The lowest BCUT2D eigenvalue weighted by molar-refractivity contribution is -0.115. The summed E-state index contributed by atoms with van der Waals surface area (Å²) in [6.45, 7) is 1.90. The van der Waals surface area contributed by atoms with Gasteiger partial charge in [0, 0.05) is 11.3 Å². The van der Waals surface area contributed by atoms with Crippen molar-refractivity contribution in [3.8, 4) is 16.3 Å². The van der Waals surface area contributed by atoms with E-state index in [1.165, 1.54) is 16.9 Å². The predicted octanol–water partition coefficient (Wildman–Crippen LogP) is 4.47. The molecule has 0 fully saturated rings. The van der Waals surface area contributed by atoms with Crippen molar-refractivity contribution in [1.82, 2.24) is 10.2 Å². The molecule has 5 nitrogen and oxygen atoms in total. The van der Waals surface area contributed by atoms with E-state index >= 15 is 0 Å². The topological polar surface area (TPSA) is 64.1 Å². The Bertz CT molecular complexity index is 851. The number of aromatic nitrogens is 2.